The highest BCUT2D eigenvalue weighted by molar-refractivity contribution is 7.48. The zero-order valence-electron chi connectivity index (χ0n) is 15.0. The van der Waals surface area contributed by atoms with E-state index in [1.165, 1.54) is 24.9 Å². The molecule has 0 spiro atoms. The van der Waals surface area contributed by atoms with Crippen molar-refractivity contribution >= 4 is 30.8 Å². The first-order chi connectivity index (χ1) is 12.8. The molecule has 1 unspecified atom stereocenters. The molecule has 0 saturated carbocycles. The Bertz CT molecular complexity index is 923. The molecule has 27 heavy (non-hydrogen) atoms. The molecule has 4 heterocycles. The normalized spacial score (nSPS) is 36.1. The van der Waals surface area contributed by atoms with Crippen molar-refractivity contribution in [3.05, 3.63) is 6.33 Å². The van der Waals surface area contributed by atoms with Gasteiger partial charge in [0.05, 0.1) is 12.9 Å². The van der Waals surface area contributed by atoms with Crippen LogP contribution < -0.4 is 11.1 Å². The van der Waals surface area contributed by atoms with Gasteiger partial charge in [0.1, 0.15) is 12.2 Å². The van der Waals surface area contributed by atoms with Crippen molar-refractivity contribution in [2.45, 2.75) is 38.0 Å². The number of rotatable bonds is 4. The van der Waals surface area contributed by atoms with E-state index < -0.39 is 31.9 Å². The maximum Gasteiger partial charge on any atom is 0.475 e. The van der Waals surface area contributed by atoms with E-state index in [0.29, 0.717) is 23.5 Å². The van der Waals surface area contributed by atoms with Crippen LogP contribution in [0.4, 0.5) is 16.2 Å². The van der Waals surface area contributed by atoms with Crippen LogP contribution in [0.2, 0.25) is 0 Å². The molecule has 148 valence electrons. The fourth-order valence-corrected chi connectivity index (χ4v) is 4.54. The van der Waals surface area contributed by atoms with Crippen LogP contribution >= 0.6 is 7.82 Å². The van der Waals surface area contributed by atoms with Gasteiger partial charge in [0.25, 0.3) is 0 Å². The lowest BCUT2D eigenvalue weighted by atomic mass is 9.98. The lowest BCUT2D eigenvalue weighted by Gasteiger charge is -2.33. The fraction of sp³-hybridized carbons (Fsp3) is 0.643. The number of hydrogen-bond acceptors (Lipinski definition) is 10. The zero-order chi connectivity index (χ0) is 19.4. The Hall–Kier alpha value is -1.85. The van der Waals surface area contributed by atoms with Gasteiger partial charge in [0.2, 0.25) is 5.95 Å². The van der Waals surface area contributed by atoms with Gasteiger partial charge in [0.15, 0.2) is 28.9 Å². The molecule has 2 saturated heterocycles. The van der Waals surface area contributed by atoms with E-state index in [9.17, 15) is 4.57 Å². The highest BCUT2D eigenvalue weighted by Crippen LogP contribution is 2.59. The molecule has 2 aliphatic heterocycles. The van der Waals surface area contributed by atoms with Gasteiger partial charge in [-0.15, -0.1) is 0 Å². The second-order valence-electron chi connectivity index (χ2n) is 6.41. The maximum absolute atomic E-state index is 15.7. The van der Waals surface area contributed by atoms with Crippen LogP contribution in [-0.2, 0) is 22.9 Å². The Morgan fingerprint density at radius 2 is 2.33 bits per heavy atom. The Morgan fingerprint density at radius 3 is 3.04 bits per heavy atom. The molecule has 0 amide bonds. The Morgan fingerprint density at radius 1 is 1.56 bits per heavy atom. The summed E-state index contributed by atoms with van der Waals surface area (Å²) in [6.45, 7) is 3.67. The van der Waals surface area contributed by atoms with Crippen molar-refractivity contribution in [1.29, 1.82) is 0 Å². The number of phosphoric ester groups is 1. The van der Waals surface area contributed by atoms with Crippen LogP contribution in [0.15, 0.2) is 6.33 Å². The van der Waals surface area contributed by atoms with Crippen LogP contribution in [0.3, 0.4) is 0 Å². The molecule has 13 heteroatoms. The number of alkyl halides is 1. The minimum atomic E-state index is -3.82. The molecule has 2 aromatic rings. The average Bonchev–Trinajstić information content (AvgIpc) is 3.14. The predicted molar refractivity (Wildman–Crippen MR) is 92.8 cm³/mol. The van der Waals surface area contributed by atoms with Crippen molar-refractivity contribution in [3.8, 4) is 0 Å². The van der Waals surface area contributed by atoms with Crippen LogP contribution in [0, 0.1) is 0 Å². The van der Waals surface area contributed by atoms with Gasteiger partial charge >= 0.3 is 7.82 Å². The van der Waals surface area contributed by atoms with Crippen LogP contribution in [-0.4, -0.2) is 57.7 Å². The van der Waals surface area contributed by atoms with Crippen LogP contribution in [0.1, 0.15) is 20.1 Å². The molecule has 0 bridgehead atoms. The number of halogens is 1. The summed E-state index contributed by atoms with van der Waals surface area (Å²) >= 11 is 0. The standard InChI is InChI=1S/C14H20FN6O5P/c1-4-17-10-8-11(20-13(16)19-10)21(6-18-8)12-14(2,15)9-7(25-12)5-24-27(22,23-3)26-9/h6-7,9,12H,4-5H2,1-3H3,(H3,16,17,19,20)/t7-,9-,12-,14-,27?/m1/s1. The third-order valence-electron chi connectivity index (χ3n) is 4.58. The second-order valence-corrected chi connectivity index (χ2v) is 8.14. The monoisotopic (exact) mass is 402 g/mol. The molecule has 2 aliphatic rings. The SMILES string of the molecule is CCNc1nc(N)nc2c1ncn2[C@@H]1O[C@@H]2COP(=O)(OC)O[C@H]2[C@@]1(C)F. The first-order valence-electron chi connectivity index (χ1n) is 8.36. The summed E-state index contributed by atoms with van der Waals surface area (Å²) < 4.78 is 50.3. The maximum atomic E-state index is 15.7. The molecule has 0 radical (unpaired) electrons. The molecule has 5 atom stereocenters. The van der Waals surface area contributed by atoms with Crippen LogP contribution in [0.25, 0.3) is 11.2 Å². The zero-order valence-corrected chi connectivity index (χ0v) is 15.9. The average molecular weight is 402 g/mol. The lowest BCUT2D eigenvalue weighted by Crippen LogP contribution is -2.44. The first kappa shape index (κ1) is 18.5. The van der Waals surface area contributed by atoms with Gasteiger partial charge in [-0.05, 0) is 13.8 Å². The highest BCUT2D eigenvalue weighted by Gasteiger charge is 2.61. The van der Waals surface area contributed by atoms with Crippen molar-refractivity contribution < 1.29 is 27.3 Å². The summed E-state index contributed by atoms with van der Waals surface area (Å²) in [5, 5.41) is 3.04. The van der Waals surface area contributed by atoms with E-state index in [1.54, 1.807) is 0 Å². The fourth-order valence-electron chi connectivity index (χ4n) is 3.33. The first-order valence-corrected chi connectivity index (χ1v) is 9.82. The highest BCUT2D eigenvalue weighted by atomic mass is 31.2. The van der Waals surface area contributed by atoms with Gasteiger partial charge in [-0.2, -0.15) is 9.97 Å². The summed E-state index contributed by atoms with van der Waals surface area (Å²) in [4.78, 5) is 12.6. The number of anilines is 2. The molecule has 0 aliphatic carbocycles. The number of nitrogens with two attached hydrogens (primary N) is 1. The molecule has 2 aromatic heterocycles. The number of phosphoric acid groups is 1. The van der Waals surface area contributed by atoms with E-state index in [1.807, 2.05) is 6.92 Å². The number of nitrogens with one attached hydrogen (secondary N) is 1. The Kier molecular flexibility index (Phi) is 4.35. The van der Waals surface area contributed by atoms with Crippen molar-refractivity contribution in [3.63, 3.8) is 0 Å². The van der Waals surface area contributed by atoms with Gasteiger partial charge in [-0.25, -0.2) is 13.9 Å². The number of imidazole rings is 1. The summed E-state index contributed by atoms with van der Waals surface area (Å²) in [7, 11) is -2.65. The van der Waals surface area contributed by atoms with Crippen molar-refractivity contribution in [2.24, 2.45) is 0 Å². The smallest absolute Gasteiger partial charge is 0.368 e. The quantitative estimate of drug-likeness (QED) is 0.726. The van der Waals surface area contributed by atoms with E-state index in [-0.39, 0.29) is 12.6 Å². The van der Waals surface area contributed by atoms with Gasteiger partial charge in [-0.1, -0.05) is 0 Å². The van der Waals surface area contributed by atoms with Crippen LogP contribution in [0.5, 0.6) is 0 Å². The van der Waals surface area contributed by atoms with Crippen molar-refractivity contribution in [2.75, 3.05) is 31.3 Å². The predicted octanol–water partition coefficient (Wildman–Crippen LogP) is 1.64. The van der Waals surface area contributed by atoms with Gasteiger partial charge in [-0.3, -0.25) is 18.1 Å². The number of nitrogens with zero attached hydrogens (tertiary/aromatic N) is 4. The number of nitrogen functional groups attached to an aromatic ring is 1. The number of fused-ring (bicyclic) bond motifs is 2. The Balaban J connectivity index is 1.75. The third kappa shape index (κ3) is 2.88. The molecular weight excluding hydrogens is 382 g/mol. The number of aromatic nitrogens is 4. The lowest BCUT2D eigenvalue weighted by molar-refractivity contribution is -0.0686. The minimum Gasteiger partial charge on any atom is -0.368 e. The molecular formula is C14H20FN6O5P. The van der Waals surface area contributed by atoms with E-state index >= 15 is 4.39 Å². The largest absolute Gasteiger partial charge is 0.475 e. The Labute approximate surface area is 154 Å². The van der Waals surface area contributed by atoms with E-state index in [0.717, 1.165) is 0 Å². The van der Waals surface area contributed by atoms with E-state index in [2.05, 4.69) is 20.3 Å². The second kappa shape index (κ2) is 6.35. The summed E-state index contributed by atoms with van der Waals surface area (Å²) in [6.07, 6.45) is -1.66. The third-order valence-corrected chi connectivity index (χ3v) is 5.98. The molecule has 4 rings (SSSR count). The molecule has 11 nitrogen and oxygen atoms in total. The summed E-state index contributed by atoms with van der Waals surface area (Å²) in [5.74, 6) is 0.456. The van der Waals surface area contributed by atoms with Gasteiger partial charge < -0.3 is 15.8 Å². The number of hydrogen-bond donors (Lipinski definition) is 2. The molecule has 0 aromatic carbocycles. The van der Waals surface area contributed by atoms with E-state index in [4.69, 9.17) is 24.0 Å². The van der Waals surface area contributed by atoms with Gasteiger partial charge in [0, 0.05) is 13.7 Å². The summed E-state index contributed by atoms with van der Waals surface area (Å²) in [5.41, 5.74) is 4.46. The summed E-state index contributed by atoms with van der Waals surface area (Å²) in [6, 6.07) is 0. The number of ether oxygens (including phenoxy) is 1. The molecule has 2 fully saturated rings. The minimum absolute atomic E-state index is 0.0136. The molecule has 3 N–H and O–H groups in total. The topological polar surface area (TPSA) is 136 Å². The van der Waals surface area contributed by atoms with Crippen molar-refractivity contribution in [1.82, 2.24) is 19.5 Å².